The highest BCUT2D eigenvalue weighted by Gasteiger charge is 2.38. The van der Waals surface area contributed by atoms with Crippen LogP contribution in [0.5, 0.6) is 17.2 Å². The molecule has 0 saturated carbocycles. The molecule has 0 radical (unpaired) electrons. The van der Waals surface area contributed by atoms with Gasteiger partial charge in [-0.1, -0.05) is 25.1 Å². The topological polar surface area (TPSA) is 106 Å². The Morgan fingerprint density at radius 1 is 1.19 bits per heavy atom. The lowest BCUT2D eigenvalue weighted by atomic mass is 10.0. The van der Waals surface area contributed by atoms with Crippen molar-refractivity contribution in [3.05, 3.63) is 53.6 Å². The van der Waals surface area contributed by atoms with Crippen molar-refractivity contribution in [2.45, 2.75) is 37.8 Å². The van der Waals surface area contributed by atoms with Crippen LogP contribution in [-0.4, -0.2) is 74.3 Å². The van der Waals surface area contributed by atoms with Crippen molar-refractivity contribution < 1.29 is 32.5 Å². The first kappa shape index (κ1) is 26.0. The summed E-state index contributed by atoms with van der Waals surface area (Å²) in [5, 5.41) is 9.79. The predicted molar refractivity (Wildman–Crippen MR) is 135 cm³/mol. The number of ether oxygens (including phenoxy) is 3. The summed E-state index contributed by atoms with van der Waals surface area (Å²) in [6.07, 6.45) is 3.21. The second-order valence-electron chi connectivity index (χ2n) is 9.20. The molecule has 2 heterocycles. The van der Waals surface area contributed by atoms with E-state index in [-0.39, 0.29) is 49.0 Å². The number of rotatable bonds is 6. The Morgan fingerprint density at radius 3 is 2.67 bits per heavy atom. The number of fused-ring (bicyclic) bond motifs is 2. The van der Waals surface area contributed by atoms with Crippen LogP contribution in [0.1, 0.15) is 36.7 Å². The van der Waals surface area contributed by atoms with Gasteiger partial charge in [-0.3, -0.25) is 4.79 Å². The Labute approximate surface area is 211 Å². The second-order valence-corrected chi connectivity index (χ2v) is 11.1. The minimum atomic E-state index is -3.92. The molecule has 0 aliphatic carbocycles. The zero-order valence-electron chi connectivity index (χ0n) is 20.9. The van der Waals surface area contributed by atoms with Crippen molar-refractivity contribution in [1.82, 2.24) is 9.21 Å². The van der Waals surface area contributed by atoms with Crippen molar-refractivity contribution in [2.24, 2.45) is 5.92 Å². The number of hydrogen-bond donors (Lipinski definition) is 1. The molecule has 10 heteroatoms. The van der Waals surface area contributed by atoms with Crippen LogP contribution in [0.3, 0.4) is 0 Å². The minimum absolute atomic E-state index is 0.0395. The second kappa shape index (κ2) is 10.5. The number of hydrogen-bond acceptors (Lipinski definition) is 7. The number of benzene rings is 2. The fraction of sp³-hybridized carbons (Fsp3) is 0.423. The van der Waals surface area contributed by atoms with Gasteiger partial charge in [0, 0.05) is 31.1 Å². The summed E-state index contributed by atoms with van der Waals surface area (Å²) in [5.74, 6) is 0.843. The van der Waals surface area contributed by atoms with Gasteiger partial charge in [0.15, 0.2) is 11.5 Å². The van der Waals surface area contributed by atoms with E-state index in [1.165, 1.54) is 10.4 Å². The molecule has 2 aliphatic heterocycles. The van der Waals surface area contributed by atoms with Crippen molar-refractivity contribution in [3.63, 3.8) is 0 Å². The number of nitrogens with zero attached hydrogens (tertiary/aromatic N) is 2. The lowest BCUT2D eigenvalue weighted by Crippen LogP contribution is -2.50. The van der Waals surface area contributed by atoms with Gasteiger partial charge in [0.25, 0.3) is 5.91 Å². The summed E-state index contributed by atoms with van der Waals surface area (Å²) in [5.41, 5.74) is 1.25. The minimum Gasteiger partial charge on any atom is -0.487 e. The third kappa shape index (κ3) is 5.07. The summed E-state index contributed by atoms with van der Waals surface area (Å²) in [4.78, 5) is 14.8. The van der Waals surface area contributed by atoms with Gasteiger partial charge in [-0.25, -0.2) is 8.42 Å². The zero-order valence-corrected chi connectivity index (χ0v) is 21.7. The van der Waals surface area contributed by atoms with Crippen LogP contribution in [0.2, 0.25) is 0 Å². The number of sulfonamides is 1. The van der Waals surface area contributed by atoms with Crippen LogP contribution in [0.4, 0.5) is 0 Å². The van der Waals surface area contributed by atoms with E-state index in [1.807, 2.05) is 26.0 Å². The normalized spacial score (nSPS) is 21.8. The SMILES string of the molecule is C/C=C/c1ccc2c(c1)O[C@@H](CN(C)C(=O)c1ccc3c(c1)OCO3)[C@H](C)CN([C@H](C)CO)S2(=O)=O. The van der Waals surface area contributed by atoms with E-state index in [1.54, 1.807) is 49.2 Å². The van der Waals surface area contributed by atoms with Crippen LogP contribution in [0.15, 0.2) is 47.4 Å². The van der Waals surface area contributed by atoms with E-state index in [9.17, 15) is 18.3 Å². The fourth-order valence-electron chi connectivity index (χ4n) is 4.36. The zero-order chi connectivity index (χ0) is 26.0. The molecule has 0 saturated heterocycles. The number of carbonyl (C=O) groups excluding carboxylic acids is 1. The fourth-order valence-corrected chi connectivity index (χ4v) is 6.18. The van der Waals surface area contributed by atoms with Gasteiger partial charge in [-0.15, -0.1) is 0 Å². The van der Waals surface area contributed by atoms with E-state index in [2.05, 4.69) is 0 Å². The molecule has 2 aliphatic rings. The van der Waals surface area contributed by atoms with Crippen LogP contribution in [-0.2, 0) is 10.0 Å². The van der Waals surface area contributed by atoms with E-state index >= 15 is 0 Å². The summed E-state index contributed by atoms with van der Waals surface area (Å²) in [7, 11) is -2.23. The predicted octanol–water partition coefficient (Wildman–Crippen LogP) is 2.99. The number of likely N-dealkylation sites (N-methyl/N-ethyl adjacent to an activating group) is 1. The van der Waals surface area contributed by atoms with Crippen molar-refractivity contribution in [3.8, 4) is 17.2 Å². The summed E-state index contributed by atoms with van der Waals surface area (Å²) >= 11 is 0. The van der Waals surface area contributed by atoms with Gasteiger partial charge >= 0.3 is 0 Å². The van der Waals surface area contributed by atoms with E-state index < -0.39 is 22.2 Å². The Hall–Kier alpha value is -3.08. The molecule has 9 nitrogen and oxygen atoms in total. The van der Waals surface area contributed by atoms with Gasteiger partial charge in [0.2, 0.25) is 16.8 Å². The molecule has 1 N–H and O–H groups in total. The summed E-state index contributed by atoms with van der Waals surface area (Å²) in [6, 6.07) is 9.37. The van der Waals surface area contributed by atoms with Crippen LogP contribution < -0.4 is 14.2 Å². The third-order valence-corrected chi connectivity index (χ3v) is 8.49. The molecule has 194 valence electrons. The Morgan fingerprint density at radius 2 is 1.94 bits per heavy atom. The van der Waals surface area contributed by atoms with Crippen LogP contribution in [0.25, 0.3) is 6.08 Å². The number of allylic oxidation sites excluding steroid dienone is 1. The quantitative estimate of drug-likeness (QED) is 0.629. The first-order valence-corrected chi connectivity index (χ1v) is 13.3. The van der Waals surface area contributed by atoms with Gasteiger partial charge in [0.05, 0.1) is 13.2 Å². The molecule has 0 fully saturated rings. The first-order valence-electron chi connectivity index (χ1n) is 11.9. The van der Waals surface area contributed by atoms with E-state index in [0.717, 1.165) is 5.56 Å². The molecule has 0 unspecified atom stereocenters. The Balaban J connectivity index is 1.66. The van der Waals surface area contributed by atoms with E-state index in [4.69, 9.17) is 14.2 Å². The Bertz CT molecular complexity index is 1260. The molecule has 36 heavy (non-hydrogen) atoms. The van der Waals surface area contributed by atoms with E-state index in [0.29, 0.717) is 17.1 Å². The van der Waals surface area contributed by atoms with Crippen LogP contribution >= 0.6 is 0 Å². The number of aliphatic hydroxyl groups excluding tert-OH is 1. The van der Waals surface area contributed by atoms with Crippen LogP contribution in [0, 0.1) is 5.92 Å². The monoisotopic (exact) mass is 516 g/mol. The average Bonchev–Trinajstić information content (AvgIpc) is 3.33. The highest BCUT2D eigenvalue weighted by molar-refractivity contribution is 7.89. The molecule has 2 aromatic carbocycles. The highest BCUT2D eigenvalue weighted by atomic mass is 32.2. The smallest absolute Gasteiger partial charge is 0.253 e. The van der Waals surface area contributed by atoms with Gasteiger partial charge in [0.1, 0.15) is 16.7 Å². The standard InChI is InChI=1S/C26H32N2O7S/c1-5-6-19-7-10-25-23(11-19)35-24(17(2)13-28(18(3)15-29)36(25,31)32)14-27(4)26(30)20-8-9-21-22(12-20)34-16-33-21/h5-12,17-18,24,29H,13-16H2,1-4H3/b6-5+/t17-,18-,24+/m1/s1. The lowest BCUT2D eigenvalue weighted by Gasteiger charge is -2.37. The molecular formula is C26H32N2O7S. The number of carbonyl (C=O) groups is 1. The first-order chi connectivity index (χ1) is 17.1. The lowest BCUT2D eigenvalue weighted by molar-refractivity contribution is 0.0563. The third-order valence-electron chi connectivity index (χ3n) is 6.47. The maximum Gasteiger partial charge on any atom is 0.253 e. The average molecular weight is 517 g/mol. The molecule has 0 spiro atoms. The van der Waals surface area contributed by atoms with Crippen molar-refractivity contribution >= 4 is 22.0 Å². The molecule has 4 rings (SSSR count). The number of amides is 1. The molecule has 3 atom stereocenters. The van der Waals surface area contributed by atoms with Gasteiger partial charge < -0.3 is 24.2 Å². The Kier molecular flexibility index (Phi) is 7.58. The molecule has 2 aromatic rings. The molecule has 0 aromatic heterocycles. The summed E-state index contributed by atoms with van der Waals surface area (Å²) < 4.78 is 45.4. The van der Waals surface area contributed by atoms with Crippen molar-refractivity contribution in [2.75, 3.05) is 33.5 Å². The maximum atomic E-state index is 13.5. The number of aliphatic hydroxyl groups is 1. The van der Waals surface area contributed by atoms with Crippen molar-refractivity contribution in [1.29, 1.82) is 0 Å². The van der Waals surface area contributed by atoms with Gasteiger partial charge in [-0.05, 0) is 49.7 Å². The molecular weight excluding hydrogens is 484 g/mol. The van der Waals surface area contributed by atoms with Gasteiger partial charge in [-0.2, -0.15) is 4.31 Å². The largest absolute Gasteiger partial charge is 0.487 e. The molecule has 0 bridgehead atoms. The summed E-state index contributed by atoms with van der Waals surface area (Å²) in [6.45, 7) is 5.60. The maximum absolute atomic E-state index is 13.5. The highest BCUT2D eigenvalue weighted by Crippen LogP contribution is 2.35. The molecule has 1 amide bonds.